The SMILES string of the molecule is COc1cc(C(=O)N2CCCC(CCC(=O)N3CCN(C)CC3)C2)c2ccccc2n1. The Hall–Kier alpha value is -2.67. The van der Waals surface area contributed by atoms with Crippen molar-refractivity contribution < 1.29 is 14.3 Å². The monoisotopic (exact) mass is 424 g/mol. The van der Waals surface area contributed by atoms with Crippen molar-refractivity contribution in [3.63, 3.8) is 0 Å². The Morgan fingerprint density at radius 1 is 1.10 bits per heavy atom. The summed E-state index contributed by atoms with van der Waals surface area (Å²) in [6.45, 7) is 4.99. The molecule has 2 aliphatic heterocycles. The number of nitrogens with zero attached hydrogens (tertiary/aromatic N) is 4. The molecule has 2 aliphatic rings. The first-order valence-electron chi connectivity index (χ1n) is 11.2. The first-order chi connectivity index (χ1) is 15.0. The van der Waals surface area contributed by atoms with Gasteiger partial charge in [-0.3, -0.25) is 9.59 Å². The highest BCUT2D eigenvalue weighted by Crippen LogP contribution is 2.27. The number of para-hydroxylation sites is 1. The van der Waals surface area contributed by atoms with E-state index in [1.165, 1.54) is 0 Å². The van der Waals surface area contributed by atoms with E-state index in [4.69, 9.17) is 4.74 Å². The summed E-state index contributed by atoms with van der Waals surface area (Å²) >= 11 is 0. The van der Waals surface area contributed by atoms with E-state index in [1.54, 1.807) is 13.2 Å². The van der Waals surface area contributed by atoms with Crippen molar-refractivity contribution in [2.45, 2.75) is 25.7 Å². The molecule has 0 saturated carbocycles. The van der Waals surface area contributed by atoms with E-state index in [0.29, 0.717) is 30.3 Å². The molecular weight excluding hydrogens is 392 g/mol. The summed E-state index contributed by atoms with van der Waals surface area (Å²) in [7, 11) is 3.66. The Bertz CT molecular complexity index is 940. The molecule has 0 N–H and O–H groups in total. The molecule has 1 aromatic carbocycles. The van der Waals surface area contributed by atoms with Gasteiger partial charge in [-0.15, -0.1) is 0 Å². The average Bonchev–Trinajstić information content (AvgIpc) is 2.82. The molecule has 166 valence electrons. The average molecular weight is 425 g/mol. The molecule has 1 unspecified atom stereocenters. The molecule has 2 saturated heterocycles. The fraction of sp³-hybridized carbons (Fsp3) is 0.542. The van der Waals surface area contributed by atoms with Crippen LogP contribution in [0.4, 0.5) is 0 Å². The van der Waals surface area contributed by atoms with E-state index in [2.05, 4.69) is 16.9 Å². The fourth-order valence-electron chi connectivity index (χ4n) is 4.63. The number of benzene rings is 1. The number of piperazine rings is 1. The van der Waals surface area contributed by atoms with Crippen LogP contribution >= 0.6 is 0 Å². The first-order valence-corrected chi connectivity index (χ1v) is 11.2. The number of piperidine rings is 1. The molecule has 7 heteroatoms. The van der Waals surface area contributed by atoms with Gasteiger partial charge in [-0.1, -0.05) is 18.2 Å². The van der Waals surface area contributed by atoms with Crippen molar-refractivity contribution >= 4 is 22.7 Å². The summed E-state index contributed by atoms with van der Waals surface area (Å²) in [6, 6.07) is 9.42. The van der Waals surface area contributed by atoms with Crippen molar-refractivity contribution in [1.82, 2.24) is 19.7 Å². The largest absolute Gasteiger partial charge is 0.481 e. The van der Waals surface area contributed by atoms with Crippen LogP contribution in [0.5, 0.6) is 5.88 Å². The maximum absolute atomic E-state index is 13.4. The van der Waals surface area contributed by atoms with E-state index < -0.39 is 0 Å². The minimum atomic E-state index is 0.0204. The Balaban J connectivity index is 1.40. The minimum absolute atomic E-state index is 0.0204. The van der Waals surface area contributed by atoms with E-state index in [-0.39, 0.29) is 11.8 Å². The van der Waals surface area contributed by atoms with Crippen LogP contribution in [-0.4, -0.2) is 84.9 Å². The van der Waals surface area contributed by atoms with Crippen LogP contribution in [0.25, 0.3) is 10.9 Å². The topological polar surface area (TPSA) is 66.0 Å². The van der Waals surface area contributed by atoms with Gasteiger partial charge in [0.2, 0.25) is 11.8 Å². The van der Waals surface area contributed by atoms with Gasteiger partial charge in [0.1, 0.15) is 0 Å². The third-order valence-electron chi connectivity index (χ3n) is 6.56. The van der Waals surface area contributed by atoms with Crippen molar-refractivity contribution in [3.05, 3.63) is 35.9 Å². The van der Waals surface area contributed by atoms with Crippen LogP contribution in [0.1, 0.15) is 36.0 Å². The lowest BCUT2D eigenvalue weighted by molar-refractivity contribution is -0.133. The quantitative estimate of drug-likeness (QED) is 0.738. The van der Waals surface area contributed by atoms with Gasteiger partial charge in [-0.05, 0) is 38.3 Å². The molecule has 31 heavy (non-hydrogen) atoms. The number of likely N-dealkylation sites (tertiary alicyclic amines) is 1. The van der Waals surface area contributed by atoms with Gasteiger partial charge in [0.25, 0.3) is 5.91 Å². The first kappa shape index (κ1) is 21.6. The number of fused-ring (bicyclic) bond motifs is 1. The lowest BCUT2D eigenvalue weighted by atomic mass is 9.92. The molecule has 2 fully saturated rings. The molecule has 0 radical (unpaired) electrons. The van der Waals surface area contributed by atoms with Gasteiger partial charge in [-0.2, -0.15) is 0 Å². The van der Waals surface area contributed by atoms with Crippen LogP contribution in [0, 0.1) is 5.92 Å². The fourth-order valence-corrected chi connectivity index (χ4v) is 4.63. The Labute approximate surface area is 184 Å². The molecule has 1 aromatic heterocycles. The molecule has 2 amide bonds. The normalized spacial score (nSPS) is 20.1. The minimum Gasteiger partial charge on any atom is -0.481 e. The van der Waals surface area contributed by atoms with Crippen molar-refractivity contribution in [2.24, 2.45) is 5.92 Å². The molecule has 0 aliphatic carbocycles. The number of ether oxygens (including phenoxy) is 1. The van der Waals surface area contributed by atoms with Crippen molar-refractivity contribution in [1.29, 1.82) is 0 Å². The smallest absolute Gasteiger partial charge is 0.254 e. The summed E-state index contributed by atoms with van der Waals surface area (Å²) in [4.78, 5) is 36.7. The number of carbonyl (C=O) groups is 2. The summed E-state index contributed by atoms with van der Waals surface area (Å²) in [5, 5.41) is 0.848. The highest BCUT2D eigenvalue weighted by atomic mass is 16.5. The van der Waals surface area contributed by atoms with Gasteiger partial charge < -0.3 is 19.4 Å². The lowest BCUT2D eigenvalue weighted by Gasteiger charge is -2.35. The van der Waals surface area contributed by atoms with Crippen molar-refractivity contribution in [3.8, 4) is 5.88 Å². The Kier molecular flexibility index (Phi) is 6.70. The maximum atomic E-state index is 13.4. The van der Waals surface area contributed by atoms with Gasteiger partial charge in [-0.25, -0.2) is 4.98 Å². The van der Waals surface area contributed by atoms with E-state index in [1.807, 2.05) is 34.1 Å². The molecule has 0 bridgehead atoms. The molecule has 7 nitrogen and oxygen atoms in total. The number of carbonyl (C=O) groups excluding carboxylic acids is 2. The summed E-state index contributed by atoms with van der Waals surface area (Å²) in [5.41, 5.74) is 1.40. The maximum Gasteiger partial charge on any atom is 0.254 e. The second kappa shape index (κ2) is 9.64. The molecule has 0 spiro atoms. The van der Waals surface area contributed by atoms with Crippen LogP contribution < -0.4 is 4.74 Å². The number of amides is 2. The summed E-state index contributed by atoms with van der Waals surface area (Å²) in [5.74, 6) is 1.09. The van der Waals surface area contributed by atoms with Gasteiger partial charge in [0, 0.05) is 57.1 Å². The Morgan fingerprint density at radius 2 is 1.87 bits per heavy atom. The van der Waals surface area contributed by atoms with Gasteiger partial charge >= 0.3 is 0 Å². The second-order valence-corrected chi connectivity index (χ2v) is 8.71. The zero-order valence-corrected chi connectivity index (χ0v) is 18.5. The van der Waals surface area contributed by atoms with Gasteiger partial charge in [0.05, 0.1) is 18.2 Å². The van der Waals surface area contributed by atoms with E-state index in [0.717, 1.165) is 62.9 Å². The third kappa shape index (κ3) is 4.98. The number of rotatable bonds is 5. The number of pyridine rings is 1. The molecule has 1 atom stereocenters. The highest BCUT2D eigenvalue weighted by molar-refractivity contribution is 6.06. The number of methoxy groups -OCH3 is 1. The number of likely N-dealkylation sites (N-methyl/N-ethyl adjacent to an activating group) is 1. The standard InChI is InChI=1S/C24H32N4O3/c1-26-12-14-27(15-13-26)23(29)10-9-18-6-5-11-28(17-18)24(30)20-16-22(31-2)25-21-8-4-3-7-19(20)21/h3-4,7-8,16,18H,5-6,9-15,17H2,1-2H3. The number of hydrogen-bond donors (Lipinski definition) is 0. The summed E-state index contributed by atoms with van der Waals surface area (Å²) in [6.07, 6.45) is 3.46. The molecule has 2 aromatic rings. The molecule has 4 rings (SSSR count). The van der Waals surface area contributed by atoms with Gasteiger partial charge in [0.15, 0.2) is 0 Å². The predicted molar refractivity (Wildman–Crippen MR) is 120 cm³/mol. The summed E-state index contributed by atoms with van der Waals surface area (Å²) < 4.78 is 5.32. The zero-order valence-electron chi connectivity index (χ0n) is 18.5. The van der Waals surface area contributed by atoms with Crippen LogP contribution in [0.2, 0.25) is 0 Å². The van der Waals surface area contributed by atoms with Crippen LogP contribution in [0.15, 0.2) is 30.3 Å². The highest BCUT2D eigenvalue weighted by Gasteiger charge is 2.27. The Morgan fingerprint density at radius 3 is 2.65 bits per heavy atom. The van der Waals surface area contributed by atoms with Crippen LogP contribution in [0.3, 0.4) is 0 Å². The number of hydrogen-bond acceptors (Lipinski definition) is 5. The molecular formula is C24H32N4O3. The zero-order chi connectivity index (χ0) is 21.8. The second-order valence-electron chi connectivity index (χ2n) is 8.71. The van der Waals surface area contributed by atoms with E-state index in [9.17, 15) is 9.59 Å². The van der Waals surface area contributed by atoms with E-state index >= 15 is 0 Å². The predicted octanol–water partition coefficient (Wildman–Crippen LogP) is 2.65. The number of aromatic nitrogens is 1. The lowest BCUT2D eigenvalue weighted by Crippen LogP contribution is -2.47. The molecule has 3 heterocycles. The van der Waals surface area contributed by atoms with Crippen molar-refractivity contribution in [2.75, 3.05) is 53.4 Å². The van der Waals surface area contributed by atoms with Crippen LogP contribution in [-0.2, 0) is 4.79 Å². The third-order valence-corrected chi connectivity index (χ3v) is 6.56.